The molecule has 0 saturated carbocycles. The zero-order valence-corrected chi connectivity index (χ0v) is 7.39. The number of hydrogen-bond donors (Lipinski definition) is 0. The Labute approximate surface area is 68.8 Å². The molecule has 1 heterocycles. The van der Waals surface area contributed by atoms with Gasteiger partial charge in [-0.15, -0.1) is 6.58 Å². The van der Waals surface area contributed by atoms with Gasteiger partial charge in [0.05, 0.1) is 6.61 Å². The van der Waals surface area contributed by atoms with E-state index in [1.165, 1.54) is 5.57 Å². The van der Waals surface area contributed by atoms with Crippen molar-refractivity contribution >= 4 is 0 Å². The van der Waals surface area contributed by atoms with Crippen molar-refractivity contribution in [2.45, 2.75) is 32.3 Å². The summed E-state index contributed by atoms with van der Waals surface area (Å²) in [6, 6.07) is 0. The van der Waals surface area contributed by atoms with Gasteiger partial charge in [0.15, 0.2) is 0 Å². The second-order valence-electron chi connectivity index (χ2n) is 3.38. The maximum absolute atomic E-state index is 5.28. The summed E-state index contributed by atoms with van der Waals surface area (Å²) in [5.74, 6) is 0. The van der Waals surface area contributed by atoms with Gasteiger partial charge < -0.3 is 4.74 Å². The Balaban J connectivity index is 2.22. The SMILES string of the molecule is C=CC1(CCC=C(C)C)CO1. The van der Waals surface area contributed by atoms with Crippen molar-refractivity contribution < 1.29 is 4.74 Å². The van der Waals surface area contributed by atoms with Gasteiger partial charge in [-0.25, -0.2) is 0 Å². The summed E-state index contributed by atoms with van der Waals surface area (Å²) in [4.78, 5) is 0. The molecule has 0 aromatic heterocycles. The molecular formula is C10H16O. The topological polar surface area (TPSA) is 12.5 Å². The number of ether oxygens (including phenoxy) is 1. The predicted octanol–water partition coefficient (Wildman–Crippen LogP) is 2.69. The molecule has 1 aliphatic rings. The fourth-order valence-electron chi connectivity index (χ4n) is 1.06. The van der Waals surface area contributed by atoms with Crippen molar-refractivity contribution in [3.8, 4) is 0 Å². The Morgan fingerprint density at radius 1 is 1.64 bits per heavy atom. The lowest BCUT2D eigenvalue weighted by Gasteiger charge is -2.01. The molecule has 0 aliphatic carbocycles. The molecule has 0 radical (unpaired) electrons. The fourth-order valence-corrected chi connectivity index (χ4v) is 1.06. The summed E-state index contributed by atoms with van der Waals surface area (Å²) < 4.78 is 5.28. The van der Waals surface area contributed by atoms with Crippen LogP contribution in [0.2, 0.25) is 0 Å². The van der Waals surface area contributed by atoms with Crippen molar-refractivity contribution in [2.24, 2.45) is 0 Å². The van der Waals surface area contributed by atoms with Crippen LogP contribution in [0.4, 0.5) is 0 Å². The van der Waals surface area contributed by atoms with Crippen LogP contribution in [0.3, 0.4) is 0 Å². The molecule has 0 aromatic rings. The molecule has 1 saturated heterocycles. The average molecular weight is 152 g/mol. The predicted molar refractivity (Wildman–Crippen MR) is 47.5 cm³/mol. The summed E-state index contributed by atoms with van der Waals surface area (Å²) in [6.07, 6.45) is 6.36. The summed E-state index contributed by atoms with van der Waals surface area (Å²) in [5.41, 5.74) is 1.43. The van der Waals surface area contributed by atoms with Gasteiger partial charge in [-0.3, -0.25) is 0 Å². The van der Waals surface area contributed by atoms with Crippen LogP contribution in [0.1, 0.15) is 26.7 Å². The van der Waals surface area contributed by atoms with Gasteiger partial charge in [0.25, 0.3) is 0 Å². The van der Waals surface area contributed by atoms with Crippen LogP contribution in [-0.4, -0.2) is 12.2 Å². The van der Waals surface area contributed by atoms with Crippen LogP contribution < -0.4 is 0 Å². The van der Waals surface area contributed by atoms with E-state index < -0.39 is 0 Å². The lowest BCUT2D eigenvalue weighted by atomic mass is 10.0. The van der Waals surface area contributed by atoms with Crippen molar-refractivity contribution in [3.63, 3.8) is 0 Å². The molecule has 1 nitrogen and oxygen atoms in total. The van der Waals surface area contributed by atoms with Crippen molar-refractivity contribution in [1.29, 1.82) is 0 Å². The standard InChI is InChI=1S/C10H16O/c1-4-10(8-11-10)7-5-6-9(2)3/h4,6H,1,5,7-8H2,2-3H3. The van der Waals surface area contributed by atoms with E-state index in [4.69, 9.17) is 4.74 Å². The molecule has 0 spiro atoms. The summed E-state index contributed by atoms with van der Waals surface area (Å²) in [5, 5.41) is 0. The van der Waals surface area contributed by atoms with Crippen LogP contribution in [0.15, 0.2) is 24.3 Å². The number of allylic oxidation sites excluding steroid dienone is 2. The van der Waals surface area contributed by atoms with E-state index in [2.05, 4.69) is 26.5 Å². The van der Waals surface area contributed by atoms with E-state index in [1.807, 2.05) is 6.08 Å². The van der Waals surface area contributed by atoms with Crippen LogP contribution in [-0.2, 0) is 4.74 Å². The summed E-state index contributed by atoms with van der Waals surface area (Å²) >= 11 is 0. The number of epoxide rings is 1. The molecule has 1 atom stereocenters. The highest BCUT2D eigenvalue weighted by Crippen LogP contribution is 2.33. The van der Waals surface area contributed by atoms with E-state index in [0.29, 0.717) is 0 Å². The maximum Gasteiger partial charge on any atom is 0.110 e. The molecule has 0 N–H and O–H groups in total. The first kappa shape index (κ1) is 8.54. The van der Waals surface area contributed by atoms with Crippen molar-refractivity contribution in [1.82, 2.24) is 0 Å². The minimum absolute atomic E-state index is 0.0476. The Morgan fingerprint density at radius 3 is 2.64 bits per heavy atom. The van der Waals surface area contributed by atoms with Crippen LogP contribution in [0, 0.1) is 0 Å². The first-order chi connectivity index (χ1) is 5.18. The minimum Gasteiger partial charge on any atom is -0.365 e. The van der Waals surface area contributed by atoms with Gasteiger partial charge in [0, 0.05) is 0 Å². The first-order valence-electron chi connectivity index (χ1n) is 4.09. The Bertz CT molecular complexity index is 171. The third kappa shape index (κ3) is 2.51. The molecule has 0 bridgehead atoms. The van der Waals surface area contributed by atoms with Gasteiger partial charge in [-0.05, 0) is 26.7 Å². The molecule has 0 aromatic carbocycles. The van der Waals surface area contributed by atoms with E-state index in [0.717, 1.165) is 19.4 Å². The van der Waals surface area contributed by atoms with E-state index in [1.54, 1.807) is 0 Å². The third-order valence-corrected chi connectivity index (χ3v) is 2.01. The van der Waals surface area contributed by atoms with Crippen molar-refractivity contribution in [2.75, 3.05) is 6.61 Å². The Kier molecular flexibility index (Phi) is 2.50. The molecule has 0 amide bonds. The average Bonchev–Trinajstić information content (AvgIpc) is 2.69. The fraction of sp³-hybridized carbons (Fsp3) is 0.600. The second kappa shape index (κ2) is 3.22. The Hall–Kier alpha value is -0.560. The highest BCUT2D eigenvalue weighted by Gasteiger charge is 2.40. The highest BCUT2D eigenvalue weighted by molar-refractivity contribution is 5.08. The molecule has 1 unspecified atom stereocenters. The van der Waals surface area contributed by atoms with Gasteiger partial charge in [-0.2, -0.15) is 0 Å². The van der Waals surface area contributed by atoms with Gasteiger partial charge in [-0.1, -0.05) is 17.7 Å². The zero-order valence-electron chi connectivity index (χ0n) is 7.39. The Morgan fingerprint density at radius 2 is 2.27 bits per heavy atom. The molecule has 62 valence electrons. The normalized spacial score (nSPS) is 27.8. The van der Waals surface area contributed by atoms with Crippen LogP contribution >= 0.6 is 0 Å². The van der Waals surface area contributed by atoms with Gasteiger partial charge >= 0.3 is 0 Å². The molecule has 1 fully saturated rings. The van der Waals surface area contributed by atoms with E-state index >= 15 is 0 Å². The van der Waals surface area contributed by atoms with Gasteiger partial charge in [0.2, 0.25) is 0 Å². The van der Waals surface area contributed by atoms with E-state index in [9.17, 15) is 0 Å². The molecule has 1 aliphatic heterocycles. The van der Waals surface area contributed by atoms with Crippen molar-refractivity contribution in [3.05, 3.63) is 24.3 Å². The monoisotopic (exact) mass is 152 g/mol. The largest absolute Gasteiger partial charge is 0.365 e. The third-order valence-electron chi connectivity index (χ3n) is 2.01. The summed E-state index contributed by atoms with van der Waals surface area (Å²) in [7, 11) is 0. The van der Waals surface area contributed by atoms with Gasteiger partial charge in [0.1, 0.15) is 5.60 Å². The number of hydrogen-bond acceptors (Lipinski definition) is 1. The zero-order chi connectivity index (χ0) is 8.32. The lowest BCUT2D eigenvalue weighted by molar-refractivity contribution is 0.338. The molecule has 1 heteroatoms. The smallest absolute Gasteiger partial charge is 0.110 e. The summed E-state index contributed by atoms with van der Waals surface area (Å²) in [6.45, 7) is 8.85. The second-order valence-corrected chi connectivity index (χ2v) is 3.38. The van der Waals surface area contributed by atoms with Crippen LogP contribution in [0.5, 0.6) is 0 Å². The maximum atomic E-state index is 5.28. The molecule has 1 rings (SSSR count). The van der Waals surface area contributed by atoms with Crippen LogP contribution in [0.25, 0.3) is 0 Å². The lowest BCUT2D eigenvalue weighted by Crippen LogP contribution is -2.04. The quantitative estimate of drug-likeness (QED) is 0.445. The highest BCUT2D eigenvalue weighted by atomic mass is 16.6. The number of rotatable bonds is 4. The molecular weight excluding hydrogens is 136 g/mol. The first-order valence-corrected chi connectivity index (χ1v) is 4.09. The molecule has 11 heavy (non-hydrogen) atoms. The van der Waals surface area contributed by atoms with E-state index in [-0.39, 0.29) is 5.60 Å². The minimum atomic E-state index is 0.0476.